The Morgan fingerprint density at radius 2 is 1.95 bits per heavy atom. The summed E-state index contributed by atoms with van der Waals surface area (Å²) in [5, 5.41) is 6.01. The minimum Gasteiger partial charge on any atom is -0.342 e. The van der Waals surface area contributed by atoms with Gasteiger partial charge in [0.2, 0.25) is 11.8 Å². The van der Waals surface area contributed by atoms with Crippen molar-refractivity contribution in [1.29, 1.82) is 0 Å². The van der Waals surface area contributed by atoms with Gasteiger partial charge in [-0.05, 0) is 18.2 Å². The Labute approximate surface area is 120 Å². The summed E-state index contributed by atoms with van der Waals surface area (Å²) in [4.78, 5) is 24.7. The van der Waals surface area contributed by atoms with Crippen molar-refractivity contribution in [3.8, 4) is 0 Å². The standard InChI is InChI=1S/C15H23N3O2/c1-4-16-10-9-15(20)17-14-8-6-5-7-13(14)11-18(3)12(2)19/h5-8,16H,4,9-11H2,1-3H3,(H,17,20). The summed E-state index contributed by atoms with van der Waals surface area (Å²) >= 11 is 0. The number of hydrogen-bond donors (Lipinski definition) is 2. The lowest BCUT2D eigenvalue weighted by atomic mass is 10.1. The smallest absolute Gasteiger partial charge is 0.225 e. The number of carbonyl (C=O) groups is 2. The van der Waals surface area contributed by atoms with E-state index in [0.29, 0.717) is 19.5 Å². The molecule has 2 amide bonds. The average molecular weight is 277 g/mol. The van der Waals surface area contributed by atoms with Crippen molar-refractivity contribution < 1.29 is 9.59 Å². The minimum atomic E-state index is -0.0242. The molecule has 0 aliphatic carbocycles. The molecule has 0 fully saturated rings. The lowest BCUT2D eigenvalue weighted by Crippen LogP contribution is -2.25. The fourth-order valence-corrected chi connectivity index (χ4v) is 1.74. The van der Waals surface area contributed by atoms with Crippen LogP contribution in [-0.2, 0) is 16.1 Å². The molecule has 0 aliphatic heterocycles. The maximum absolute atomic E-state index is 11.8. The zero-order valence-corrected chi connectivity index (χ0v) is 12.4. The molecule has 0 unspecified atom stereocenters. The predicted octanol–water partition coefficient (Wildman–Crippen LogP) is 1.60. The molecule has 0 radical (unpaired) electrons. The van der Waals surface area contributed by atoms with E-state index >= 15 is 0 Å². The monoisotopic (exact) mass is 277 g/mol. The maximum Gasteiger partial charge on any atom is 0.225 e. The number of hydrogen-bond acceptors (Lipinski definition) is 3. The van der Waals surface area contributed by atoms with Gasteiger partial charge < -0.3 is 15.5 Å². The zero-order valence-electron chi connectivity index (χ0n) is 12.4. The van der Waals surface area contributed by atoms with Gasteiger partial charge in [0.15, 0.2) is 0 Å². The van der Waals surface area contributed by atoms with Crippen LogP contribution in [0.15, 0.2) is 24.3 Å². The highest BCUT2D eigenvalue weighted by atomic mass is 16.2. The number of rotatable bonds is 7. The molecule has 0 saturated heterocycles. The summed E-state index contributed by atoms with van der Waals surface area (Å²) in [6, 6.07) is 7.54. The van der Waals surface area contributed by atoms with Crippen LogP contribution in [-0.4, -0.2) is 36.9 Å². The van der Waals surface area contributed by atoms with E-state index in [2.05, 4.69) is 10.6 Å². The van der Waals surface area contributed by atoms with Crippen LogP contribution in [0.2, 0.25) is 0 Å². The first-order valence-electron chi connectivity index (χ1n) is 6.84. The summed E-state index contributed by atoms with van der Waals surface area (Å²) in [6.07, 6.45) is 0.435. The van der Waals surface area contributed by atoms with Crippen molar-refractivity contribution in [2.45, 2.75) is 26.8 Å². The van der Waals surface area contributed by atoms with Crippen LogP contribution in [0.3, 0.4) is 0 Å². The molecule has 1 aromatic rings. The Hall–Kier alpha value is -1.88. The Balaban J connectivity index is 2.65. The van der Waals surface area contributed by atoms with Crippen molar-refractivity contribution in [2.24, 2.45) is 0 Å². The number of amides is 2. The molecular formula is C15H23N3O2. The number of nitrogens with one attached hydrogen (secondary N) is 2. The first-order valence-corrected chi connectivity index (χ1v) is 6.84. The Morgan fingerprint density at radius 3 is 2.60 bits per heavy atom. The van der Waals surface area contributed by atoms with Crippen LogP contribution in [0.4, 0.5) is 5.69 Å². The fraction of sp³-hybridized carbons (Fsp3) is 0.467. The van der Waals surface area contributed by atoms with Gasteiger partial charge in [0, 0.05) is 39.2 Å². The van der Waals surface area contributed by atoms with E-state index in [1.165, 1.54) is 6.92 Å². The number of para-hydroxylation sites is 1. The van der Waals surface area contributed by atoms with Gasteiger partial charge in [-0.1, -0.05) is 25.1 Å². The second kappa shape index (κ2) is 8.32. The third-order valence-corrected chi connectivity index (χ3v) is 3.02. The summed E-state index contributed by atoms with van der Waals surface area (Å²) in [5.74, 6) is -0.0258. The van der Waals surface area contributed by atoms with E-state index in [4.69, 9.17) is 0 Å². The predicted molar refractivity (Wildman–Crippen MR) is 80.4 cm³/mol. The van der Waals surface area contributed by atoms with Crippen LogP contribution in [0, 0.1) is 0 Å². The molecule has 20 heavy (non-hydrogen) atoms. The molecule has 0 heterocycles. The molecule has 0 atom stereocenters. The number of benzene rings is 1. The average Bonchev–Trinajstić information content (AvgIpc) is 2.41. The van der Waals surface area contributed by atoms with Crippen molar-refractivity contribution in [2.75, 3.05) is 25.5 Å². The van der Waals surface area contributed by atoms with Gasteiger partial charge in [0.1, 0.15) is 0 Å². The molecule has 2 N–H and O–H groups in total. The summed E-state index contributed by atoms with van der Waals surface area (Å²) in [7, 11) is 1.74. The summed E-state index contributed by atoms with van der Waals surface area (Å²) in [6.45, 7) is 5.53. The minimum absolute atomic E-state index is 0.00160. The van der Waals surface area contributed by atoms with Crippen LogP contribution in [0.25, 0.3) is 0 Å². The van der Waals surface area contributed by atoms with E-state index in [0.717, 1.165) is 17.8 Å². The summed E-state index contributed by atoms with van der Waals surface area (Å²) in [5.41, 5.74) is 1.70. The van der Waals surface area contributed by atoms with Gasteiger partial charge in [-0.25, -0.2) is 0 Å². The zero-order chi connectivity index (χ0) is 15.0. The quantitative estimate of drug-likeness (QED) is 0.744. The van der Waals surface area contributed by atoms with E-state index in [-0.39, 0.29) is 11.8 Å². The Bertz CT molecular complexity index is 460. The van der Waals surface area contributed by atoms with E-state index in [1.807, 2.05) is 31.2 Å². The van der Waals surface area contributed by atoms with Gasteiger partial charge in [0.25, 0.3) is 0 Å². The molecule has 0 aliphatic rings. The highest BCUT2D eigenvalue weighted by Crippen LogP contribution is 2.17. The largest absolute Gasteiger partial charge is 0.342 e. The van der Waals surface area contributed by atoms with Gasteiger partial charge in [-0.2, -0.15) is 0 Å². The molecule has 5 nitrogen and oxygen atoms in total. The molecule has 0 bridgehead atoms. The van der Waals surface area contributed by atoms with Crippen molar-refractivity contribution >= 4 is 17.5 Å². The van der Waals surface area contributed by atoms with E-state index < -0.39 is 0 Å². The Kier molecular flexibility index (Phi) is 6.73. The van der Waals surface area contributed by atoms with Crippen molar-refractivity contribution in [3.63, 3.8) is 0 Å². The first-order chi connectivity index (χ1) is 9.54. The van der Waals surface area contributed by atoms with Gasteiger partial charge in [-0.3, -0.25) is 9.59 Å². The number of anilines is 1. The lowest BCUT2D eigenvalue weighted by Gasteiger charge is -2.18. The molecule has 110 valence electrons. The molecule has 0 spiro atoms. The van der Waals surface area contributed by atoms with Crippen molar-refractivity contribution in [1.82, 2.24) is 10.2 Å². The lowest BCUT2D eigenvalue weighted by molar-refractivity contribution is -0.128. The van der Waals surface area contributed by atoms with E-state index in [9.17, 15) is 9.59 Å². The van der Waals surface area contributed by atoms with Gasteiger partial charge in [0.05, 0.1) is 0 Å². The second-order valence-corrected chi connectivity index (χ2v) is 4.68. The van der Waals surface area contributed by atoms with Crippen LogP contribution < -0.4 is 10.6 Å². The normalized spacial score (nSPS) is 10.2. The molecule has 0 aromatic heterocycles. The van der Waals surface area contributed by atoms with Gasteiger partial charge in [-0.15, -0.1) is 0 Å². The third kappa shape index (κ3) is 5.40. The van der Waals surface area contributed by atoms with E-state index in [1.54, 1.807) is 11.9 Å². The number of nitrogens with zero attached hydrogens (tertiary/aromatic N) is 1. The Morgan fingerprint density at radius 1 is 1.25 bits per heavy atom. The second-order valence-electron chi connectivity index (χ2n) is 4.68. The maximum atomic E-state index is 11.8. The molecular weight excluding hydrogens is 254 g/mol. The molecule has 1 aromatic carbocycles. The molecule has 5 heteroatoms. The number of carbonyl (C=O) groups excluding carboxylic acids is 2. The molecule has 0 saturated carbocycles. The first kappa shape index (κ1) is 16.2. The highest BCUT2D eigenvalue weighted by molar-refractivity contribution is 5.91. The summed E-state index contributed by atoms with van der Waals surface area (Å²) < 4.78 is 0. The highest BCUT2D eigenvalue weighted by Gasteiger charge is 2.09. The van der Waals surface area contributed by atoms with Gasteiger partial charge >= 0.3 is 0 Å². The third-order valence-electron chi connectivity index (χ3n) is 3.02. The molecule has 1 rings (SSSR count). The van der Waals surface area contributed by atoms with Crippen LogP contribution in [0.1, 0.15) is 25.8 Å². The topological polar surface area (TPSA) is 61.4 Å². The SMILES string of the molecule is CCNCCC(=O)Nc1ccccc1CN(C)C(C)=O. The van der Waals surface area contributed by atoms with Crippen LogP contribution >= 0.6 is 0 Å². The fourth-order valence-electron chi connectivity index (χ4n) is 1.74. The van der Waals surface area contributed by atoms with Crippen molar-refractivity contribution in [3.05, 3.63) is 29.8 Å². The van der Waals surface area contributed by atoms with Crippen LogP contribution in [0.5, 0.6) is 0 Å².